The Hall–Kier alpha value is -2.82. The molecule has 34 heavy (non-hydrogen) atoms. The summed E-state index contributed by atoms with van der Waals surface area (Å²) in [6.07, 6.45) is 2.69. The molecule has 3 rings (SSSR count). The van der Waals surface area contributed by atoms with Crippen molar-refractivity contribution in [2.24, 2.45) is 0 Å². The van der Waals surface area contributed by atoms with Crippen LogP contribution in [0.5, 0.6) is 0 Å². The maximum Gasteiger partial charge on any atom is 0.247 e. The minimum absolute atomic E-state index is 0.0103. The van der Waals surface area contributed by atoms with Gasteiger partial charge in [0.1, 0.15) is 11.9 Å². The van der Waals surface area contributed by atoms with E-state index in [1.807, 2.05) is 0 Å². The second-order valence-corrected chi connectivity index (χ2v) is 10.4. The highest BCUT2D eigenvalue weighted by atomic mass is 32.2. The lowest BCUT2D eigenvalue weighted by molar-refractivity contribution is -0.141. The lowest BCUT2D eigenvalue weighted by atomic mass is 10.0. The van der Waals surface area contributed by atoms with Crippen molar-refractivity contribution in [3.05, 3.63) is 71.5 Å². The molecule has 1 saturated heterocycles. The molecule has 1 fully saturated rings. The Morgan fingerprint density at radius 3 is 2.41 bits per heavy atom. The van der Waals surface area contributed by atoms with Crippen LogP contribution >= 0.6 is 0 Å². The van der Waals surface area contributed by atoms with Crippen LogP contribution in [0.4, 0.5) is 4.39 Å². The standard InChI is InChI=1S/C24H30FN3O5S/c1-27(34(2,31)32)17-22(29)28(16-18-10-12-20(25)13-11-18)23(19-7-4-3-5-8-19)24(30)26-15-21-9-6-14-33-21/h3-5,7-8,10-13,21,23H,6,9,14-17H2,1-2H3,(H,26,30). The number of nitrogens with one attached hydrogen (secondary N) is 1. The Bertz CT molecular complexity index is 1070. The molecule has 2 unspecified atom stereocenters. The van der Waals surface area contributed by atoms with Crippen LogP contribution in [0.2, 0.25) is 0 Å². The molecule has 0 aliphatic carbocycles. The van der Waals surface area contributed by atoms with Crippen molar-refractivity contribution in [2.45, 2.75) is 31.5 Å². The molecule has 8 nitrogen and oxygen atoms in total. The second kappa shape index (κ2) is 11.5. The van der Waals surface area contributed by atoms with E-state index >= 15 is 0 Å². The monoisotopic (exact) mass is 491 g/mol. The van der Waals surface area contributed by atoms with Gasteiger partial charge in [-0.25, -0.2) is 12.8 Å². The number of ether oxygens (including phenoxy) is 1. The molecule has 0 radical (unpaired) electrons. The first-order chi connectivity index (χ1) is 16.1. The average molecular weight is 492 g/mol. The molecule has 2 amide bonds. The highest BCUT2D eigenvalue weighted by Gasteiger charge is 2.33. The lowest BCUT2D eigenvalue weighted by Gasteiger charge is -2.33. The molecule has 2 atom stereocenters. The van der Waals surface area contributed by atoms with Gasteiger partial charge in [0.2, 0.25) is 21.8 Å². The van der Waals surface area contributed by atoms with Gasteiger partial charge in [-0.05, 0) is 36.1 Å². The maximum atomic E-state index is 13.5. The number of likely N-dealkylation sites (N-methyl/N-ethyl adjacent to an activating group) is 1. The molecule has 1 aliphatic heterocycles. The number of carbonyl (C=O) groups excluding carboxylic acids is 2. The molecule has 2 aromatic rings. The number of hydrogen-bond acceptors (Lipinski definition) is 5. The van der Waals surface area contributed by atoms with Crippen molar-refractivity contribution in [3.63, 3.8) is 0 Å². The molecule has 1 N–H and O–H groups in total. The number of carbonyl (C=O) groups is 2. The van der Waals surface area contributed by atoms with Gasteiger partial charge in [0.25, 0.3) is 0 Å². The lowest BCUT2D eigenvalue weighted by Crippen LogP contribution is -2.48. The summed E-state index contributed by atoms with van der Waals surface area (Å²) in [6, 6.07) is 13.4. The normalized spacial score (nSPS) is 16.9. The summed E-state index contributed by atoms with van der Waals surface area (Å²) in [7, 11) is -2.32. The first-order valence-electron chi connectivity index (χ1n) is 11.0. The zero-order chi connectivity index (χ0) is 24.7. The van der Waals surface area contributed by atoms with E-state index in [1.165, 1.54) is 36.2 Å². The van der Waals surface area contributed by atoms with Gasteiger partial charge in [-0.1, -0.05) is 42.5 Å². The van der Waals surface area contributed by atoms with Crippen LogP contribution < -0.4 is 5.32 Å². The zero-order valence-corrected chi connectivity index (χ0v) is 20.1. The van der Waals surface area contributed by atoms with Crippen molar-refractivity contribution in [3.8, 4) is 0 Å². The predicted octanol–water partition coefficient (Wildman–Crippen LogP) is 2.08. The quantitative estimate of drug-likeness (QED) is 0.549. The summed E-state index contributed by atoms with van der Waals surface area (Å²) >= 11 is 0. The van der Waals surface area contributed by atoms with Crippen molar-refractivity contribution < 1.29 is 27.1 Å². The topological polar surface area (TPSA) is 96.0 Å². The molecule has 0 aromatic heterocycles. The average Bonchev–Trinajstić information content (AvgIpc) is 3.32. The van der Waals surface area contributed by atoms with Crippen molar-refractivity contribution in [1.29, 1.82) is 0 Å². The number of rotatable bonds is 10. The number of sulfonamides is 1. The Morgan fingerprint density at radius 2 is 1.82 bits per heavy atom. The fraction of sp³-hybridized carbons (Fsp3) is 0.417. The Labute approximate surface area is 199 Å². The maximum absolute atomic E-state index is 13.5. The van der Waals surface area contributed by atoms with E-state index in [4.69, 9.17) is 4.74 Å². The first-order valence-corrected chi connectivity index (χ1v) is 12.9. The van der Waals surface area contributed by atoms with Crippen LogP contribution in [0.3, 0.4) is 0 Å². The highest BCUT2D eigenvalue weighted by molar-refractivity contribution is 7.88. The van der Waals surface area contributed by atoms with Crippen LogP contribution in [0.15, 0.2) is 54.6 Å². The molecular formula is C24H30FN3O5S. The molecule has 2 aromatic carbocycles. The Morgan fingerprint density at radius 1 is 1.15 bits per heavy atom. The summed E-state index contributed by atoms with van der Waals surface area (Å²) in [4.78, 5) is 28.1. The number of amides is 2. The summed E-state index contributed by atoms with van der Waals surface area (Å²) in [5.74, 6) is -1.38. The van der Waals surface area contributed by atoms with Gasteiger partial charge in [-0.2, -0.15) is 4.31 Å². The van der Waals surface area contributed by atoms with Gasteiger partial charge in [0.05, 0.1) is 18.9 Å². The SMILES string of the molecule is CN(CC(=O)N(Cc1ccc(F)cc1)C(C(=O)NCC1CCCO1)c1ccccc1)S(C)(=O)=O. The molecular weight excluding hydrogens is 461 g/mol. The van der Waals surface area contributed by atoms with E-state index < -0.39 is 40.2 Å². The van der Waals surface area contributed by atoms with E-state index in [-0.39, 0.29) is 12.6 Å². The third kappa shape index (κ3) is 7.09. The molecule has 0 bridgehead atoms. The molecule has 10 heteroatoms. The Kier molecular flexibility index (Phi) is 8.76. The minimum Gasteiger partial charge on any atom is -0.376 e. The van der Waals surface area contributed by atoms with E-state index in [9.17, 15) is 22.4 Å². The molecule has 0 spiro atoms. The van der Waals surface area contributed by atoms with Crippen LogP contribution in [0.1, 0.15) is 30.0 Å². The number of halogens is 1. The van der Waals surface area contributed by atoms with Gasteiger partial charge in [0.15, 0.2) is 0 Å². The van der Waals surface area contributed by atoms with E-state index in [1.54, 1.807) is 30.3 Å². The third-order valence-electron chi connectivity index (χ3n) is 5.71. The molecule has 0 saturated carbocycles. The molecule has 1 aliphatic rings. The molecule has 1 heterocycles. The number of nitrogens with zero attached hydrogens (tertiary/aromatic N) is 2. The van der Waals surface area contributed by atoms with Crippen molar-refractivity contribution >= 4 is 21.8 Å². The minimum atomic E-state index is -3.62. The Balaban J connectivity index is 1.93. The fourth-order valence-electron chi connectivity index (χ4n) is 3.73. The van der Waals surface area contributed by atoms with Crippen LogP contribution in [-0.2, 0) is 30.9 Å². The number of hydrogen-bond donors (Lipinski definition) is 1. The van der Waals surface area contributed by atoms with Gasteiger partial charge in [0, 0.05) is 26.7 Å². The second-order valence-electron chi connectivity index (χ2n) is 8.36. The van der Waals surface area contributed by atoms with Crippen LogP contribution in [0, 0.1) is 5.82 Å². The zero-order valence-electron chi connectivity index (χ0n) is 19.3. The predicted molar refractivity (Wildman–Crippen MR) is 126 cm³/mol. The van der Waals surface area contributed by atoms with Crippen LogP contribution in [0.25, 0.3) is 0 Å². The summed E-state index contributed by atoms with van der Waals surface area (Å²) < 4.78 is 43.8. The van der Waals surface area contributed by atoms with Gasteiger partial charge in [-0.3, -0.25) is 9.59 Å². The van der Waals surface area contributed by atoms with Crippen LogP contribution in [-0.4, -0.2) is 68.5 Å². The van der Waals surface area contributed by atoms with Gasteiger partial charge >= 0.3 is 0 Å². The largest absolute Gasteiger partial charge is 0.376 e. The van der Waals surface area contributed by atoms with Gasteiger partial charge in [-0.15, -0.1) is 0 Å². The smallest absolute Gasteiger partial charge is 0.247 e. The van der Waals surface area contributed by atoms with Crippen molar-refractivity contribution in [1.82, 2.24) is 14.5 Å². The summed E-state index contributed by atoms with van der Waals surface area (Å²) in [6.45, 7) is 0.506. The fourth-order valence-corrected chi connectivity index (χ4v) is 4.08. The molecule has 184 valence electrons. The number of benzene rings is 2. The van der Waals surface area contributed by atoms with E-state index in [0.717, 1.165) is 23.4 Å². The summed E-state index contributed by atoms with van der Waals surface area (Å²) in [5.41, 5.74) is 1.18. The van der Waals surface area contributed by atoms with E-state index in [0.29, 0.717) is 24.3 Å². The van der Waals surface area contributed by atoms with Crippen molar-refractivity contribution in [2.75, 3.05) is 33.0 Å². The van der Waals surface area contributed by atoms with E-state index in [2.05, 4.69) is 5.32 Å². The summed E-state index contributed by atoms with van der Waals surface area (Å²) in [5, 5.41) is 2.89. The first kappa shape index (κ1) is 25.8. The van der Waals surface area contributed by atoms with Gasteiger partial charge < -0.3 is 15.0 Å². The highest BCUT2D eigenvalue weighted by Crippen LogP contribution is 2.25. The third-order valence-corrected chi connectivity index (χ3v) is 6.98.